The van der Waals surface area contributed by atoms with Crippen molar-refractivity contribution < 1.29 is 14.3 Å². The van der Waals surface area contributed by atoms with Gasteiger partial charge in [-0.15, -0.1) is 0 Å². The van der Waals surface area contributed by atoms with Crippen LogP contribution in [-0.2, 0) is 6.54 Å². The molecule has 1 aromatic heterocycles. The third-order valence-corrected chi connectivity index (χ3v) is 6.50. The van der Waals surface area contributed by atoms with E-state index in [1.807, 2.05) is 67.3 Å². The first kappa shape index (κ1) is 25.9. The first-order valence-electron chi connectivity index (χ1n) is 12.6. The molecule has 1 amide bonds. The second kappa shape index (κ2) is 11.7. The maximum atomic E-state index is 14.0. The van der Waals surface area contributed by atoms with Crippen molar-refractivity contribution in [1.82, 2.24) is 14.5 Å². The lowest BCUT2D eigenvalue weighted by Crippen LogP contribution is -2.39. The van der Waals surface area contributed by atoms with Gasteiger partial charge in [0, 0.05) is 12.6 Å². The van der Waals surface area contributed by atoms with E-state index in [4.69, 9.17) is 14.5 Å². The lowest BCUT2D eigenvalue weighted by atomic mass is 10.1. The van der Waals surface area contributed by atoms with Crippen molar-refractivity contribution in [3.05, 3.63) is 100 Å². The van der Waals surface area contributed by atoms with Crippen LogP contribution in [0.25, 0.3) is 10.9 Å². The minimum absolute atomic E-state index is 0.117. The number of amides is 1. The molecular formula is C30H33N3O4. The van der Waals surface area contributed by atoms with Crippen LogP contribution in [0.1, 0.15) is 54.5 Å². The van der Waals surface area contributed by atoms with E-state index in [9.17, 15) is 9.59 Å². The minimum atomic E-state index is -0.416. The number of aromatic nitrogens is 2. The number of carbonyl (C=O) groups is 1. The van der Waals surface area contributed by atoms with Crippen LogP contribution in [0.3, 0.4) is 0 Å². The largest absolute Gasteiger partial charge is 0.497 e. The molecule has 0 aliphatic rings. The highest BCUT2D eigenvalue weighted by Gasteiger charge is 2.30. The van der Waals surface area contributed by atoms with E-state index < -0.39 is 6.04 Å². The average molecular weight is 500 g/mol. The predicted octanol–water partition coefficient (Wildman–Crippen LogP) is 5.47. The zero-order valence-corrected chi connectivity index (χ0v) is 21.8. The van der Waals surface area contributed by atoms with Gasteiger partial charge in [-0.2, -0.15) is 0 Å². The summed E-state index contributed by atoms with van der Waals surface area (Å²) in [6.07, 6.45) is 1.33. The van der Waals surface area contributed by atoms with Gasteiger partial charge >= 0.3 is 0 Å². The number of hydrogen-bond acceptors (Lipinski definition) is 5. The monoisotopic (exact) mass is 499 g/mol. The number of carbonyl (C=O) groups excluding carboxylic acids is 1. The summed E-state index contributed by atoms with van der Waals surface area (Å²) in [5, 5.41) is 0.558. The highest BCUT2D eigenvalue weighted by molar-refractivity contribution is 5.97. The molecule has 0 aliphatic heterocycles. The zero-order chi connectivity index (χ0) is 26.4. The van der Waals surface area contributed by atoms with Crippen LogP contribution >= 0.6 is 0 Å². The molecule has 192 valence electrons. The van der Waals surface area contributed by atoms with Crippen LogP contribution in [0.4, 0.5) is 0 Å². The molecule has 1 atom stereocenters. The number of nitrogens with zero attached hydrogens (tertiary/aromatic N) is 3. The molecule has 0 aliphatic carbocycles. The van der Waals surface area contributed by atoms with Crippen LogP contribution < -0.4 is 15.0 Å². The van der Waals surface area contributed by atoms with E-state index in [2.05, 4.69) is 0 Å². The van der Waals surface area contributed by atoms with Gasteiger partial charge in [0.25, 0.3) is 11.5 Å². The quantitative estimate of drug-likeness (QED) is 0.289. The van der Waals surface area contributed by atoms with Gasteiger partial charge in [0.05, 0.1) is 43.3 Å². The normalized spacial score (nSPS) is 11.8. The highest BCUT2D eigenvalue weighted by Crippen LogP contribution is 2.31. The number of benzene rings is 3. The Morgan fingerprint density at radius 3 is 2.38 bits per heavy atom. The number of para-hydroxylation sites is 1. The zero-order valence-electron chi connectivity index (χ0n) is 21.8. The molecule has 0 radical (unpaired) electrons. The molecule has 1 heterocycles. The van der Waals surface area contributed by atoms with E-state index in [-0.39, 0.29) is 11.5 Å². The SMILES string of the molecule is CCCN(C(=O)c1ccc(OC)cc1OC)C(CC)c1nc2ccccc2c(=O)n1Cc1ccccc1. The summed E-state index contributed by atoms with van der Waals surface area (Å²) in [5.74, 6) is 1.44. The van der Waals surface area contributed by atoms with Gasteiger partial charge in [-0.1, -0.05) is 56.3 Å². The molecule has 0 saturated heterocycles. The lowest BCUT2D eigenvalue weighted by molar-refractivity contribution is 0.0653. The van der Waals surface area contributed by atoms with Crippen LogP contribution in [0, 0.1) is 0 Å². The molecule has 0 bridgehead atoms. The van der Waals surface area contributed by atoms with Gasteiger partial charge in [0.15, 0.2) is 0 Å². The average Bonchev–Trinajstić information content (AvgIpc) is 2.94. The van der Waals surface area contributed by atoms with E-state index in [0.29, 0.717) is 53.3 Å². The number of methoxy groups -OCH3 is 2. The summed E-state index contributed by atoms with van der Waals surface area (Å²) in [6, 6.07) is 22.0. The molecular weight excluding hydrogens is 466 g/mol. The number of hydrogen-bond donors (Lipinski definition) is 0. The first-order chi connectivity index (χ1) is 18.0. The second-order valence-corrected chi connectivity index (χ2v) is 8.85. The molecule has 1 unspecified atom stereocenters. The standard InChI is InChI=1S/C30H33N3O4/c1-5-18-32(30(35)24-17-16-22(36-3)19-27(24)37-4)26(6-2)28-31-25-15-11-10-14-23(25)29(34)33(28)20-21-12-8-7-9-13-21/h7-17,19,26H,5-6,18,20H2,1-4H3. The van der Waals surface area contributed by atoms with Crippen molar-refractivity contribution >= 4 is 16.8 Å². The van der Waals surface area contributed by atoms with Crippen LogP contribution in [-0.4, -0.2) is 41.1 Å². The van der Waals surface area contributed by atoms with Crippen molar-refractivity contribution in [2.45, 2.75) is 39.3 Å². The Kier molecular flexibility index (Phi) is 8.23. The third-order valence-electron chi connectivity index (χ3n) is 6.50. The Morgan fingerprint density at radius 1 is 0.973 bits per heavy atom. The minimum Gasteiger partial charge on any atom is -0.497 e. The summed E-state index contributed by atoms with van der Waals surface area (Å²) in [7, 11) is 3.11. The Hall–Kier alpha value is -4.13. The summed E-state index contributed by atoms with van der Waals surface area (Å²) < 4.78 is 12.6. The molecule has 4 rings (SSSR count). The summed E-state index contributed by atoms with van der Waals surface area (Å²) in [4.78, 5) is 34.5. The molecule has 0 N–H and O–H groups in total. The molecule has 7 heteroatoms. The van der Waals surface area contributed by atoms with Gasteiger partial charge < -0.3 is 14.4 Å². The fourth-order valence-corrected chi connectivity index (χ4v) is 4.67. The van der Waals surface area contributed by atoms with Crippen molar-refractivity contribution in [1.29, 1.82) is 0 Å². The van der Waals surface area contributed by atoms with Crippen molar-refractivity contribution in [2.75, 3.05) is 20.8 Å². The summed E-state index contributed by atoms with van der Waals surface area (Å²) >= 11 is 0. The molecule has 4 aromatic rings. The Balaban J connectivity index is 1.87. The lowest BCUT2D eigenvalue weighted by Gasteiger charge is -2.32. The molecule has 37 heavy (non-hydrogen) atoms. The molecule has 3 aromatic carbocycles. The maximum Gasteiger partial charge on any atom is 0.261 e. The van der Waals surface area contributed by atoms with Gasteiger partial charge in [-0.05, 0) is 42.7 Å². The van der Waals surface area contributed by atoms with Crippen LogP contribution in [0.5, 0.6) is 11.5 Å². The van der Waals surface area contributed by atoms with Crippen molar-refractivity contribution in [3.8, 4) is 11.5 Å². The topological polar surface area (TPSA) is 73.7 Å². The van der Waals surface area contributed by atoms with Crippen molar-refractivity contribution in [2.24, 2.45) is 0 Å². The molecule has 0 spiro atoms. The van der Waals surface area contributed by atoms with Gasteiger partial charge in [0.1, 0.15) is 17.3 Å². The Morgan fingerprint density at radius 2 is 1.70 bits per heavy atom. The van der Waals surface area contributed by atoms with E-state index in [1.54, 1.807) is 35.9 Å². The summed E-state index contributed by atoms with van der Waals surface area (Å²) in [6.45, 7) is 4.91. The molecule has 7 nitrogen and oxygen atoms in total. The second-order valence-electron chi connectivity index (χ2n) is 8.85. The van der Waals surface area contributed by atoms with E-state index in [1.165, 1.54) is 7.11 Å². The van der Waals surface area contributed by atoms with E-state index >= 15 is 0 Å². The fourth-order valence-electron chi connectivity index (χ4n) is 4.67. The smallest absolute Gasteiger partial charge is 0.261 e. The maximum absolute atomic E-state index is 14.0. The Bertz CT molecular complexity index is 1430. The van der Waals surface area contributed by atoms with Crippen molar-refractivity contribution in [3.63, 3.8) is 0 Å². The molecule has 0 fully saturated rings. The predicted molar refractivity (Wildman–Crippen MR) is 145 cm³/mol. The van der Waals surface area contributed by atoms with Gasteiger partial charge in [0.2, 0.25) is 0 Å². The van der Waals surface area contributed by atoms with Crippen LogP contribution in [0.2, 0.25) is 0 Å². The van der Waals surface area contributed by atoms with Gasteiger partial charge in [-0.25, -0.2) is 4.98 Å². The summed E-state index contributed by atoms with van der Waals surface area (Å²) in [5.41, 5.74) is 1.93. The highest BCUT2D eigenvalue weighted by atomic mass is 16.5. The van der Waals surface area contributed by atoms with Gasteiger partial charge in [-0.3, -0.25) is 14.2 Å². The van der Waals surface area contributed by atoms with E-state index in [0.717, 1.165) is 12.0 Å². The number of rotatable bonds is 10. The Labute approximate surface area is 217 Å². The molecule has 0 saturated carbocycles. The van der Waals surface area contributed by atoms with Crippen LogP contribution in [0.15, 0.2) is 77.6 Å². The third kappa shape index (κ3) is 5.35. The fraction of sp³-hybridized carbons (Fsp3) is 0.300. The first-order valence-corrected chi connectivity index (χ1v) is 12.6. The number of ether oxygens (including phenoxy) is 2. The number of fused-ring (bicyclic) bond motifs is 1.